The Hall–Kier alpha value is -3.28. The largest absolute Gasteiger partial charge is 0.493 e. The lowest BCUT2D eigenvalue weighted by Gasteiger charge is -2.29. The molecule has 2 aromatic rings. The van der Waals surface area contributed by atoms with Crippen molar-refractivity contribution in [3.8, 4) is 11.5 Å². The van der Waals surface area contributed by atoms with Gasteiger partial charge in [0.2, 0.25) is 5.91 Å². The molecule has 0 bridgehead atoms. The summed E-state index contributed by atoms with van der Waals surface area (Å²) in [5.74, 6) is 0.860. The summed E-state index contributed by atoms with van der Waals surface area (Å²) < 4.78 is 11.0. The standard InChI is InChI=1S/C23H26N2O4/c1-4-6-17-8-11-21(22(13-17)28-3)29-15-23(27)24-19-9-10-20-18(14-19)7-5-12-25(20)16(2)26/h4,6,8-11,13-14H,5,7,12,15H2,1-3H3,(H,24,27)/b6-4+. The van der Waals surface area contributed by atoms with Crippen LogP contribution in [0.3, 0.4) is 0 Å². The number of benzene rings is 2. The number of nitrogens with zero attached hydrogens (tertiary/aromatic N) is 1. The molecule has 29 heavy (non-hydrogen) atoms. The normalized spacial score (nSPS) is 13.1. The molecule has 6 nitrogen and oxygen atoms in total. The van der Waals surface area contributed by atoms with Crippen LogP contribution >= 0.6 is 0 Å². The van der Waals surface area contributed by atoms with Crippen LogP contribution in [0, 0.1) is 0 Å². The smallest absolute Gasteiger partial charge is 0.262 e. The van der Waals surface area contributed by atoms with Crippen LogP contribution in [0.15, 0.2) is 42.5 Å². The number of amides is 2. The lowest BCUT2D eigenvalue weighted by molar-refractivity contribution is -0.118. The fourth-order valence-electron chi connectivity index (χ4n) is 3.44. The van der Waals surface area contributed by atoms with Crippen molar-refractivity contribution >= 4 is 29.3 Å². The minimum atomic E-state index is -0.260. The van der Waals surface area contributed by atoms with E-state index in [2.05, 4.69) is 5.32 Å². The molecule has 2 aromatic carbocycles. The molecule has 3 rings (SSSR count). The molecule has 0 atom stereocenters. The zero-order valence-corrected chi connectivity index (χ0v) is 17.0. The van der Waals surface area contributed by atoms with Gasteiger partial charge in [0.15, 0.2) is 18.1 Å². The first-order valence-electron chi connectivity index (χ1n) is 9.66. The summed E-state index contributed by atoms with van der Waals surface area (Å²) in [6.07, 6.45) is 5.70. The van der Waals surface area contributed by atoms with Crippen LogP contribution in [0.5, 0.6) is 11.5 Å². The Balaban J connectivity index is 1.64. The molecular formula is C23H26N2O4. The summed E-state index contributed by atoms with van der Waals surface area (Å²) in [5, 5.41) is 2.86. The van der Waals surface area contributed by atoms with E-state index >= 15 is 0 Å². The van der Waals surface area contributed by atoms with E-state index in [0.29, 0.717) is 17.2 Å². The predicted molar refractivity (Wildman–Crippen MR) is 115 cm³/mol. The van der Waals surface area contributed by atoms with Crippen molar-refractivity contribution in [1.82, 2.24) is 0 Å². The molecule has 0 unspecified atom stereocenters. The van der Waals surface area contributed by atoms with Gasteiger partial charge in [-0.3, -0.25) is 9.59 Å². The number of carbonyl (C=O) groups is 2. The monoisotopic (exact) mass is 394 g/mol. The van der Waals surface area contributed by atoms with E-state index < -0.39 is 0 Å². The van der Waals surface area contributed by atoms with Crippen molar-refractivity contribution in [1.29, 1.82) is 0 Å². The number of aryl methyl sites for hydroxylation is 1. The molecule has 0 aromatic heterocycles. The van der Waals surface area contributed by atoms with Gasteiger partial charge in [-0.1, -0.05) is 18.2 Å². The molecule has 0 spiro atoms. The van der Waals surface area contributed by atoms with Crippen LogP contribution in [-0.2, 0) is 16.0 Å². The van der Waals surface area contributed by atoms with Crippen molar-refractivity contribution in [2.75, 3.05) is 30.5 Å². The molecule has 1 N–H and O–H groups in total. The van der Waals surface area contributed by atoms with Crippen molar-refractivity contribution in [2.45, 2.75) is 26.7 Å². The summed E-state index contributed by atoms with van der Waals surface area (Å²) in [4.78, 5) is 25.9. The second-order valence-electron chi connectivity index (χ2n) is 6.86. The summed E-state index contributed by atoms with van der Waals surface area (Å²) >= 11 is 0. The molecule has 1 heterocycles. The fourth-order valence-corrected chi connectivity index (χ4v) is 3.44. The molecule has 2 amide bonds. The Morgan fingerprint density at radius 1 is 1.17 bits per heavy atom. The van der Waals surface area contributed by atoms with Gasteiger partial charge in [0.05, 0.1) is 7.11 Å². The highest BCUT2D eigenvalue weighted by atomic mass is 16.5. The lowest BCUT2D eigenvalue weighted by atomic mass is 10.0. The van der Waals surface area contributed by atoms with Gasteiger partial charge >= 0.3 is 0 Å². The van der Waals surface area contributed by atoms with Gasteiger partial charge in [-0.25, -0.2) is 0 Å². The zero-order chi connectivity index (χ0) is 20.8. The molecule has 0 saturated carbocycles. The summed E-state index contributed by atoms with van der Waals surface area (Å²) in [5.41, 5.74) is 3.67. The van der Waals surface area contributed by atoms with E-state index in [-0.39, 0.29) is 18.4 Å². The van der Waals surface area contributed by atoms with Crippen LogP contribution in [0.2, 0.25) is 0 Å². The second kappa shape index (κ2) is 9.28. The highest BCUT2D eigenvalue weighted by Crippen LogP contribution is 2.30. The van der Waals surface area contributed by atoms with Gasteiger partial charge in [0.1, 0.15) is 0 Å². The number of allylic oxidation sites excluding steroid dienone is 1. The predicted octanol–water partition coefficient (Wildman–Crippen LogP) is 4.04. The third-order valence-corrected chi connectivity index (χ3v) is 4.77. The molecule has 0 radical (unpaired) electrons. The first kappa shape index (κ1) is 20.5. The third-order valence-electron chi connectivity index (χ3n) is 4.77. The van der Waals surface area contributed by atoms with Crippen molar-refractivity contribution in [2.24, 2.45) is 0 Å². The van der Waals surface area contributed by atoms with E-state index in [0.717, 1.165) is 36.2 Å². The SMILES string of the molecule is C/C=C/c1ccc(OCC(=O)Nc2ccc3c(c2)CCCN3C(C)=O)c(OC)c1. The summed E-state index contributed by atoms with van der Waals surface area (Å²) in [7, 11) is 1.57. The topological polar surface area (TPSA) is 67.9 Å². The van der Waals surface area contributed by atoms with Gasteiger partial charge in [-0.2, -0.15) is 0 Å². The maximum absolute atomic E-state index is 12.3. The van der Waals surface area contributed by atoms with Gasteiger partial charge in [0.25, 0.3) is 5.91 Å². The number of anilines is 2. The van der Waals surface area contributed by atoms with Crippen LogP contribution < -0.4 is 19.7 Å². The molecular weight excluding hydrogens is 368 g/mol. The van der Waals surface area contributed by atoms with Crippen LogP contribution in [0.1, 0.15) is 31.4 Å². The third kappa shape index (κ3) is 4.96. The van der Waals surface area contributed by atoms with Gasteiger partial charge in [-0.05, 0) is 61.2 Å². The number of hydrogen-bond acceptors (Lipinski definition) is 4. The number of fused-ring (bicyclic) bond motifs is 1. The van der Waals surface area contributed by atoms with E-state index in [1.54, 1.807) is 25.0 Å². The first-order valence-corrected chi connectivity index (χ1v) is 9.66. The van der Waals surface area contributed by atoms with Gasteiger partial charge in [-0.15, -0.1) is 0 Å². The second-order valence-corrected chi connectivity index (χ2v) is 6.86. The Morgan fingerprint density at radius 3 is 2.72 bits per heavy atom. The van der Waals surface area contributed by atoms with Crippen molar-refractivity contribution in [3.63, 3.8) is 0 Å². The average Bonchev–Trinajstić information content (AvgIpc) is 2.72. The van der Waals surface area contributed by atoms with Crippen LogP contribution in [-0.4, -0.2) is 32.1 Å². The number of carbonyl (C=O) groups excluding carboxylic acids is 2. The van der Waals surface area contributed by atoms with Crippen LogP contribution in [0.25, 0.3) is 6.08 Å². The molecule has 1 aliphatic heterocycles. The van der Waals surface area contributed by atoms with Gasteiger partial charge in [0, 0.05) is 24.8 Å². The molecule has 152 valence electrons. The number of nitrogens with one attached hydrogen (secondary N) is 1. The average molecular weight is 394 g/mol. The molecule has 0 fully saturated rings. The summed E-state index contributed by atoms with van der Waals surface area (Å²) in [6, 6.07) is 11.2. The Morgan fingerprint density at radius 2 is 2.00 bits per heavy atom. The minimum absolute atomic E-state index is 0.0329. The summed E-state index contributed by atoms with van der Waals surface area (Å²) in [6.45, 7) is 4.12. The lowest BCUT2D eigenvalue weighted by Crippen LogP contribution is -2.33. The molecule has 6 heteroatoms. The molecule has 0 aliphatic carbocycles. The first-order chi connectivity index (χ1) is 14.0. The number of rotatable bonds is 6. The Bertz CT molecular complexity index is 936. The number of hydrogen-bond donors (Lipinski definition) is 1. The highest BCUT2D eigenvalue weighted by Gasteiger charge is 2.20. The Kier molecular flexibility index (Phi) is 6.54. The number of methoxy groups -OCH3 is 1. The number of ether oxygens (including phenoxy) is 2. The minimum Gasteiger partial charge on any atom is -0.493 e. The Labute approximate surface area is 171 Å². The van der Waals surface area contributed by atoms with Gasteiger partial charge < -0.3 is 19.7 Å². The van der Waals surface area contributed by atoms with Crippen LogP contribution in [0.4, 0.5) is 11.4 Å². The van der Waals surface area contributed by atoms with E-state index in [4.69, 9.17) is 9.47 Å². The van der Waals surface area contributed by atoms with E-state index in [1.807, 2.05) is 49.4 Å². The van der Waals surface area contributed by atoms with E-state index in [1.165, 1.54) is 0 Å². The maximum Gasteiger partial charge on any atom is 0.262 e. The highest BCUT2D eigenvalue weighted by molar-refractivity contribution is 5.95. The van der Waals surface area contributed by atoms with Crippen molar-refractivity contribution < 1.29 is 19.1 Å². The maximum atomic E-state index is 12.3. The fraction of sp³-hybridized carbons (Fsp3) is 0.304. The van der Waals surface area contributed by atoms with E-state index in [9.17, 15) is 9.59 Å². The quantitative estimate of drug-likeness (QED) is 0.803. The molecule has 1 aliphatic rings. The van der Waals surface area contributed by atoms with Crippen molar-refractivity contribution in [3.05, 3.63) is 53.6 Å². The molecule has 0 saturated heterocycles. The zero-order valence-electron chi connectivity index (χ0n) is 17.0.